The maximum atomic E-state index is 14.0. The Balaban J connectivity index is 1.73. The van der Waals surface area contributed by atoms with E-state index in [1.54, 1.807) is 24.9 Å². The normalized spacial score (nSPS) is 10.6. The van der Waals surface area contributed by atoms with Gasteiger partial charge in [0, 0.05) is 24.5 Å². The number of nitrogens with zero attached hydrogens (tertiary/aromatic N) is 2. The van der Waals surface area contributed by atoms with Gasteiger partial charge in [-0.2, -0.15) is 5.10 Å². The SMILES string of the molecule is Cc1cc(NC(=O)c2ccc(F)c(NCc3ccn(C)n3)c2)ccc1F. The summed E-state index contributed by atoms with van der Waals surface area (Å²) in [5, 5.41) is 9.82. The van der Waals surface area contributed by atoms with Gasteiger partial charge in [-0.3, -0.25) is 9.48 Å². The van der Waals surface area contributed by atoms with Crippen molar-refractivity contribution in [3.05, 3.63) is 77.1 Å². The Hall–Kier alpha value is -3.22. The topological polar surface area (TPSA) is 59.0 Å². The summed E-state index contributed by atoms with van der Waals surface area (Å²) in [5.41, 5.74) is 2.15. The lowest BCUT2D eigenvalue weighted by atomic mass is 10.1. The van der Waals surface area contributed by atoms with Gasteiger partial charge in [0.2, 0.25) is 0 Å². The lowest BCUT2D eigenvalue weighted by molar-refractivity contribution is 0.102. The molecule has 0 radical (unpaired) electrons. The summed E-state index contributed by atoms with van der Waals surface area (Å²) < 4.78 is 29.0. The maximum absolute atomic E-state index is 14.0. The highest BCUT2D eigenvalue weighted by molar-refractivity contribution is 6.04. The molecule has 26 heavy (non-hydrogen) atoms. The summed E-state index contributed by atoms with van der Waals surface area (Å²) in [4.78, 5) is 12.4. The van der Waals surface area contributed by atoms with E-state index in [0.717, 1.165) is 5.69 Å². The lowest BCUT2D eigenvalue weighted by Crippen LogP contribution is -2.13. The molecule has 2 aromatic carbocycles. The van der Waals surface area contributed by atoms with Gasteiger partial charge in [-0.1, -0.05) is 0 Å². The van der Waals surface area contributed by atoms with Crippen molar-refractivity contribution in [3.8, 4) is 0 Å². The molecule has 1 heterocycles. The Labute approximate surface area is 149 Å². The minimum absolute atomic E-state index is 0.207. The molecule has 1 aromatic heterocycles. The van der Waals surface area contributed by atoms with E-state index in [1.165, 1.54) is 36.4 Å². The molecule has 0 aliphatic heterocycles. The van der Waals surface area contributed by atoms with Crippen LogP contribution >= 0.6 is 0 Å². The quantitative estimate of drug-likeness (QED) is 0.730. The van der Waals surface area contributed by atoms with Crippen LogP contribution in [-0.4, -0.2) is 15.7 Å². The van der Waals surface area contributed by atoms with Gasteiger partial charge in [0.15, 0.2) is 0 Å². The molecule has 3 rings (SSSR count). The summed E-state index contributed by atoms with van der Waals surface area (Å²) in [5.74, 6) is -1.21. The number of nitrogens with one attached hydrogen (secondary N) is 2. The molecule has 0 fully saturated rings. The van der Waals surface area contributed by atoms with Crippen molar-refractivity contribution in [2.24, 2.45) is 7.05 Å². The van der Waals surface area contributed by atoms with Crippen LogP contribution in [0.15, 0.2) is 48.7 Å². The molecule has 0 bridgehead atoms. The molecule has 2 N–H and O–H groups in total. The zero-order valence-electron chi connectivity index (χ0n) is 14.4. The first kappa shape index (κ1) is 17.6. The summed E-state index contributed by atoms with van der Waals surface area (Å²) in [6.45, 7) is 1.95. The summed E-state index contributed by atoms with van der Waals surface area (Å²) in [6.07, 6.45) is 1.79. The number of rotatable bonds is 5. The number of carbonyl (C=O) groups excluding carboxylic acids is 1. The van der Waals surface area contributed by atoms with Gasteiger partial charge in [0.1, 0.15) is 11.6 Å². The van der Waals surface area contributed by atoms with Gasteiger partial charge < -0.3 is 10.6 Å². The molecule has 0 spiro atoms. The molecular formula is C19H18F2N4O. The van der Waals surface area contributed by atoms with E-state index in [9.17, 15) is 13.6 Å². The van der Waals surface area contributed by atoms with Crippen molar-refractivity contribution in [1.29, 1.82) is 0 Å². The summed E-state index contributed by atoms with van der Waals surface area (Å²) >= 11 is 0. The number of halogens is 2. The standard InChI is InChI=1S/C19H18F2N4O/c1-12-9-14(4-6-16(12)20)23-19(26)13-3-5-17(21)18(10-13)22-11-15-7-8-25(2)24-15/h3-10,22H,11H2,1-2H3,(H,23,26). The van der Waals surface area contributed by atoms with E-state index in [1.807, 2.05) is 6.07 Å². The molecule has 1 amide bonds. The van der Waals surface area contributed by atoms with Crippen LogP contribution in [-0.2, 0) is 13.6 Å². The Morgan fingerprint density at radius 3 is 2.58 bits per heavy atom. The Morgan fingerprint density at radius 1 is 1.12 bits per heavy atom. The molecule has 0 saturated heterocycles. The zero-order chi connectivity index (χ0) is 18.7. The van der Waals surface area contributed by atoms with Crippen LogP contribution in [0.3, 0.4) is 0 Å². The fourth-order valence-corrected chi connectivity index (χ4v) is 2.47. The van der Waals surface area contributed by atoms with Crippen molar-refractivity contribution >= 4 is 17.3 Å². The van der Waals surface area contributed by atoms with Crippen LogP contribution in [0, 0.1) is 18.6 Å². The van der Waals surface area contributed by atoms with Gasteiger partial charge >= 0.3 is 0 Å². The maximum Gasteiger partial charge on any atom is 0.255 e. The average molecular weight is 356 g/mol. The van der Waals surface area contributed by atoms with Gasteiger partial charge in [-0.05, 0) is 55.0 Å². The van der Waals surface area contributed by atoms with Crippen molar-refractivity contribution in [2.75, 3.05) is 10.6 Å². The Bertz CT molecular complexity index is 952. The first-order valence-corrected chi connectivity index (χ1v) is 8.02. The Morgan fingerprint density at radius 2 is 1.88 bits per heavy atom. The number of aryl methyl sites for hydroxylation is 2. The minimum Gasteiger partial charge on any atom is -0.377 e. The van der Waals surface area contributed by atoms with E-state index < -0.39 is 11.7 Å². The fraction of sp³-hybridized carbons (Fsp3) is 0.158. The second-order valence-electron chi connectivity index (χ2n) is 5.95. The van der Waals surface area contributed by atoms with E-state index >= 15 is 0 Å². The van der Waals surface area contributed by atoms with Gasteiger partial charge in [0.25, 0.3) is 5.91 Å². The second kappa shape index (κ2) is 7.35. The largest absolute Gasteiger partial charge is 0.377 e. The highest BCUT2D eigenvalue weighted by Gasteiger charge is 2.11. The molecule has 0 atom stereocenters. The first-order chi connectivity index (χ1) is 12.4. The van der Waals surface area contributed by atoms with E-state index in [0.29, 0.717) is 17.8 Å². The number of anilines is 2. The van der Waals surface area contributed by atoms with Gasteiger partial charge in [-0.15, -0.1) is 0 Å². The monoisotopic (exact) mass is 356 g/mol. The summed E-state index contributed by atoms with van der Waals surface area (Å²) in [7, 11) is 1.80. The number of hydrogen-bond donors (Lipinski definition) is 2. The van der Waals surface area contributed by atoms with Gasteiger partial charge in [-0.25, -0.2) is 8.78 Å². The Kier molecular flexibility index (Phi) is 4.97. The number of benzene rings is 2. The minimum atomic E-state index is -0.463. The van der Waals surface area contributed by atoms with Crippen LogP contribution < -0.4 is 10.6 Å². The molecule has 0 aliphatic carbocycles. The van der Waals surface area contributed by atoms with Crippen LogP contribution in [0.2, 0.25) is 0 Å². The molecule has 0 aliphatic rings. The third-order valence-corrected chi connectivity index (χ3v) is 3.87. The highest BCUT2D eigenvalue weighted by Crippen LogP contribution is 2.19. The summed E-state index contributed by atoms with van der Waals surface area (Å²) in [6, 6.07) is 10.2. The smallest absolute Gasteiger partial charge is 0.255 e. The lowest BCUT2D eigenvalue weighted by Gasteiger charge is -2.10. The third-order valence-electron chi connectivity index (χ3n) is 3.87. The number of carbonyl (C=O) groups is 1. The first-order valence-electron chi connectivity index (χ1n) is 8.02. The molecule has 5 nitrogen and oxygen atoms in total. The van der Waals surface area contributed by atoms with E-state index in [2.05, 4.69) is 15.7 Å². The predicted octanol–water partition coefficient (Wildman–Crippen LogP) is 3.87. The second-order valence-corrected chi connectivity index (χ2v) is 5.95. The van der Waals surface area contributed by atoms with Crippen LogP contribution in [0.5, 0.6) is 0 Å². The van der Waals surface area contributed by atoms with Crippen molar-refractivity contribution in [1.82, 2.24) is 9.78 Å². The van der Waals surface area contributed by atoms with Crippen molar-refractivity contribution in [3.63, 3.8) is 0 Å². The van der Waals surface area contributed by atoms with Crippen LogP contribution in [0.25, 0.3) is 0 Å². The molecular weight excluding hydrogens is 338 g/mol. The van der Waals surface area contributed by atoms with Gasteiger partial charge in [0.05, 0.1) is 17.9 Å². The third kappa shape index (κ3) is 4.05. The molecule has 7 heteroatoms. The molecule has 0 saturated carbocycles. The van der Waals surface area contributed by atoms with E-state index in [-0.39, 0.29) is 17.1 Å². The fourth-order valence-electron chi connectivity index (χ4n) is 2.47. The van der Waals surface area contributed by atoms with Crippen molar-refractivity contribution < 1.29 is 13.6 Å². The van der Waals surface area contributed by atoms with Crippen LogP contribution in [0.1, 0.15) is 21.6 Å². The van der Waals surface area contributed by atoms with E-state index in [4.69, 9.17) is 0 Å². The number of aromatic nitrogens is 2. The van der Waals surface area contributed by atoms with Crippen LogP contribution in [0.4, 0.5) is 20.2 Å². The number of amides is 1. The molecule has 134 valence electrons. The number of hydrogen-bond acceptors (Lipinski definition) is 3. The molecule has 0 unspecified atom stereocenters. The predicted molar refractivity (Wildman–Crippen MR) is 96.0 cm³/mol. The van der Waals surface area contributed by atoms with Crippen molar-refractivity contribution in [2.45, 2.75) is 13.5 Å². The average Bonchev–Trinajstić information content (AvgIpc) is 3.03. The highest BCUT2D eigenvalue weighted by atomic mass is 19.1. The molecule has 3 aromatic rings. The zero-order valence-corrected chi connectivity index (χ0v) is 14.4.